The molecule has 0 aliphatic heterocycles. The van der Waals surface area contributed by atoms with Crippen LogP contribution < -0.4 is 4.74 Å². The molecule has 0 unspecified atom stereocenters. The standard InChI is InChI=1S/C23H26O/c1-3-24-23-16-14-22(15-17-23)21-12-10-20(11-13-21)9-8-19-6-4-18(2)5-7-19/h10-19H,3-7H2,1-2H3. The summed E-state index contributed by atoms with van der Waals surface area (Å²) in [5.74, 6) is 9.23. The number of hydrogen-bond donors (Lipinski definition) is 0. The van der Waals surface area contributed by atoms with Gasteiger partial charge in [0, 0.05) is 11.5 Å². The van der Waals surface area contributed by atoms with Crippen molar-refractivity contribution in [2.45, 2.75) is 39.5 Å². The lowest BCUT2D eigenvalue weighted by Crippen LogP contribution is -2.10. The normalized spacial score (nSPS) is 20.1. The second kappa shape index (κ2) is 8.06. The van der Waals surface area contributed by atoms with Crippen molar-refractivity contribution in [3.05, 3.63) is 54.1 Å². The Bertz CT molecular complexity index is 692. The molecule has 0 heterocycles. The summed E-state index contributed by atoms with van der Waals surface area (Å²) in [5, 5.41) is 0. The van der Waals surface area contributed by atoms with Crippen molar-refractivity contribution >= 4 is 0 Å². The molecule has 1 nitrogen and oxygen atoms in total. The molecule has 0 radical (unpaired) electrons. The highest BCUT2D eigenvalue weighted by Crippen LogP contribution is 2.28. The molecule has 1 heteroatoms. The van der Waals surface area contributed by atoms with Crippen LogP contribution in [0, 0.1) is 23.7 Å². The Morgan fingerprint density at radius 1 is 0.875 bits per heavy atom. The summed E-state index contributed by atoms with van der Waals surface area (Å²) in [6.45, 7) is 5.05. The van der Waals surface area contributed by atoms with Gasteiger partial charge in [-0.1, -0.05) is 43.0 Å². The van der Waals surface area contributed by atoms with Crippen molar-refractivity contribution in [2.24, 2.45) is 11.8 Å². The van der Waals surface area contributed by atoms with Gasteiger partial charge in [0.15, 0.2) is 0 Å². The minimum Gasteiger partial charge on any atom is -0.494 e. The zero-order valence-electron chi connectivity index (χ0n) is 14.7. The summed E-state index contributed by atoms with van der Waals surface area (Å²) in [7, 11) is 0. The quantitative estimate of drug-likeness (QED) is 0.637. The maximum atomic E-state index is 5.49. The van der Waals surface area contributed by atoms with Crippen molar-refractivity contribution in [1.29, 1.82) is 0 Å². The topological polar surface area (TPSA) is 9.23 Å². The summed E-state index contributed by atoms with van der Waals surface area (Å²) in [6, 6.07) is 16.8. The highest BCUT2D eigenvalue weighted by atomic mass is 16.5. The first-order valence-electron chi connectivity index (χ1n) is 9.09. The fourth-order valence-electron chi connectivity index (χ4n) is 3.25. The molecule has 2 aromatic carbocycles. The lowest BCUT2D eigenvalue weighted by atomic mass is 9.83. The van der Waals surface area contributed by atoms with Crippen LogP contribution in [0.2, 0.25) is 0 Å². The van der Waals surface area contributed by atoms with Crippen LogP contribution in [0.4, 0.5) is 0 Å². The van der Waals surface area contributed by atoms with Gasteiger partial charge in [-0.3, -0.25) is 0 Å². The third-order valence-electron chi connectivity index (χ3n) is 4.82. The van der Waals surface area contributed by atoms with E-state index < -0.39 is 0 Å². The van der Waals surface area contributed by atoms with Crippen LogP contribution in [0.3, 0.4) is 0 Å². The molecule has 0 bridgehead atoms. The van der Waals surface area contributed by atoms with Gasteiger partial charge >= 0.3 is 0 Å². The van der Waals surface area contributed by atoms with Crippen LogP contribution in [0.1, 0.15) is 45.1 Å². The van der Waals surface area contributed by atoms with E-state index in [1.165, 1.54) is 36.8 Å². The Morgan fingerprint density at radius 3 is 2.04 bits per heavy atom. The molecule has 0 spiro atoms. The van der Waals surface area contributed by atoms with Crippen molar-refractivity contribution < 1.29 is 4.74 Å². The van der Waals surface area contributed by atoms with Crippen molar-refractivity contribution in [3.63, 3.8) is 0 Å². The SMILES string of the molecule is CCOc1ccc(-c2ccc(C#CC3CCC(C)CC3)cc2)cc1. The summed E-state index contributed by atoms with van der Waals surface area (Å²) >= 11 is 0. The third-order valence-corrected chi connectivity index (χ3v) is 4.82. The molecule has 1 fully saturated rings. The maximum Gasteiger partial charge on any atom is 0.119 e. The summed E-state index contributed by atoms with van der Waals surface area (Å²) in [5.41, 5.74) is 3.54. The van der Waals surface area contributed by atoms with Gasteiger partial charge in [0.2, 0.25) is 0 Å². The van der Waals surface area contributed by atoms with Gasteiger partial charge in [0.25, 0.3) is 0 Å². The molecular weight excluding hydrogens is 292 g/mol. The maximum absolute atomic E-state index is 5.49. The van der Waals surface area contributed by atoms with Gasteiger partial charge in [-0.2, -0.15) is 0 Å². The predicted octanol–water partition coefficient (Wildman–Crippen LogP) is 5.93. The van der Waals surface area contributed by atoms with Crippen molar-refractivity contribution in [2.75, 3.05) is 6.61 Å². The van der Waals surface area contributed by atoms with Crippen LogP contribution in [-0.4, -0.2) is 6.61 Å². The third kappa shape index (κ3) is 4.42. The molecule has 0 saturated heterocycles. The number of rotatable bonds is 3. The van der Waals surface area contributed by atoms with Gasteiger partial charge in [0.1, 0.15) is 5.75 Å². The number of ether oxygens (including phenoxy) is 1. The Balaban J connectivity index is 1.65. The van der Waals surface area contributed by atoms with E-state index in [2.05, 4.69) is 55.2 Å². The zero-order chi connectivity index (χ0) is 16.8. The van der Waals surface area contributed by atoms with Gasteiger partial charge in [-0.15, -0.1) is 0 Å². The molecule has 0 amide bonds. The summed E-state index contributed by atoms with van der Waals surface area (Å²) in [6.07, 6.45) is 5.18. The summed E-state index contributed by atoms with van der Waals surface area (Å²) < 4.78 is 5.49. The molecule has 0 aromatic heterocycles. The molecule has 2 aromatic rings. The minimum absolute atomic E-state index is 0.590. The molecule has 3 rings (SSSR count). The Labute approximate surface area is 146 Å². The molecule has 0 atom stereocenters. The molecule has 1 aliphatic rings. The molecule has 24 heavy (non-hydrogen) atoms. The van der Waals surface area contributed by atoms with Gasteiger partial charge in [-0.25, -0.2) is 0 Å². The molecule has 0 N–H and O–H groups in total. The lowest BCUT2D eigenvalue weighted by Gasteiger charge is -2.21. The first-order valence-corrected chi connectivity index (χ1v) is 9.09. The second-order valence-corrected chi connectivity index (χ2v) is 6.76. The summed E-state index contributed by atoms with van der Waals surface area (Å²) in [4.78, 5) is 0. The Hall–Kier alpha value is -2.20. The average Bonchev–Trinajstić information content (AvgIpc) is 2.63. The van der Waals surface area contributed by atoms with E-state index in [1.54, 1.807) is 0 Å². The second-order valence-electron chi connectivity index (χ2n) is 6.76. The highest BCUT2D eigenvalue weighted by molar-refractivity contribution is 5.65. The lowest BCUT2D eigenvalue weighted by molar-refractivity contribution is 0.337. The smallest absolute Gasteiger partial charge is 0.119 e. The molecular formula is C23H26O. The largest absolute Gasteiger partial charge is 0.494 e. The van der Waals surface area contributed by atoms with Crippen LogP contribution in [-0.2, 0) is 0 Å². The van der Waals surface area contributed by atoms with E-state index in [-0.39, 0.29) is 0 Å². The minimum atomic E-state index is 0.590. The van der Waals surface area contributed by atoms with E-state index >= 15 is 0 Å². The van der Waals surface area contributed by atoms with Crippen LogP contribution in [0.5, 0.6) is 5.75 Å². The fraction of sp³-hybridized carbons (Fsp3) is 0.391. The van der Waals surface area contributed by atoms with E-state index in [1.807, 2.05) is 19.1 Å². The zero-order valence-corrected chi connectivity index (χ0v) is 14.7. The predicted molar refractivity (Wildman–Crippen MR) is 101 cm³/mol. The van der Waals surface area contributed by atoms with Gasteiger partial charge in [-0.05, 0) is 73.9 Å². The van der Waals surface area contributed by atoms with Gasteiger partial charge in [0.05, 0.1) is 6.61 Å². The molecule has 1 saturated carbocycles. The number of hydrogen-bond acceptors (Lipinski definition) is 1. The van der Waals surface area contributed by atoms with Crippen LogP contribution in [0.25, 0.3) is 11.1 Å². The van der Waals surface area contributed by atoms with Crippen LogP contribution in [0.15, 0.2) is 48.5 Å². The Kier molecular flexibility index (Phi) is 5.59. The van der Waals surface area contributed by atoms with E-state index in [4.69, 9.17) is 4.74 Å². The van der Waals surface area contributed by atoms with Crippen molar-refractivity contribution in [3.8, 4) is 28.7 Å². The average molecular weight is 318 g/mol. The molecule has 1 aliphatic carbocycles. The monoisotopic (exact) mass is 318 g/mol. The van der Waals surface area contributed by atoms with Crippen LogP contribution >= 0.6 is 0 Å². The first-order chi connectivity index (χ1) is 11.7. The van der Waals surface area contributed by atoms with E-state index in [0.29, 0.717) is 12.5 Å². The van der Waals surface area contributed by atoms with Gasteiger partial charge < -0.3 is 4.74 Å². The number of benzene rings is 2. The fourth-order valence-corrected chi connectivity index (χ4v) is 3.25. The van der Waals surface area contributed by atoms with E-state index in [0.717, 1.165) is 17.2 Å². The van der Waals surface area contributed by atoms with Crippen molar-refractivity contribution in [1.82, 2.24) is 0 Å². The van der Waals surface area contributed by atoms with E-state index in [9.17, 15) is 0 Å². The Morgan fingerprint density at radius 2 is 1.46 bits per heavy atom. The first kappa shape index (κ1) is 16.7. The molecule has 124 valence electrons. The highest BCUT2D eigenvalue weighted by Gasteiger charge is 2.15.